The second-order valence-electron chi connectivity index (χ2n) is 4.77. The molecule has 1 aliphatic rings. The van der Waals surface area contributed by atoms with E-state index in [1.807, 2.05) is 0 Å². The summed E-state index contributed by atoms with van der Waals surface area (Å²) >= 11 is 0. The Morgan fingerprint density at radius 3 is 2.29 bits per heavy atom. The van der Waals surface area contributed by atoms with E-state index in [-0.39, 0.29) is 6.04 Å². The normalized spacial score (nSPS) is 27.3. The first kappa shape index (κ1) is 11.4. The third kappa shape index (κ3) is 2.22. The molecule has 0 aromatic carbocycles. The van der Waals surface area contributed by atoms with E-state index in [2.05, 4.69) is 12.2 Å². The van der Waals surface area contributed by atoms with Crippen molar-refractivity contribution >= 4 is 5.91 Å². The summed E-state index contributed by atoms with van der Waals surface area (Å²) in [6.07, 6.45) is -0.796. The summed E-state index contributed by atoms with van der Waals surface area (Å²) < 4.78 is 24.9. The first-order chi connectivity index (χ1) is 6.34. The van der Waals surface area contributed by atoms with E-state index in [1.54, 1.807) is 0 Å². The Kier molecular flexibility index (Phi) is 3.12. The number of carbonyl (C=O) groups is 1. The van der Waals surface area contributed by atoms with Gasteiger partial charge in [0.1, 0.15) is 5.41 Å². The van der Waals surface area contributed by atoms with E-state index >= 15 is 0 Å². The van der Waals surface area contributed by atoms with Gasteiger partial charge in [0.2, 0.25) is 5.91 Å². The molecule has 1 amide bonds. The van der Waals surface area contributed by atoms with Crippen molar-refractivity contribution in [2.24, 2.45) is 11.3 Å². The smallest absolute Gasteiger partial charge is 0.252 e. The Labute approximate surface area is 83.1 Å². The largest absolute Gasteiger partial charge is 0.353 e. The van der Waals surface area contributed by atoms with E-state index in [0.29, 0.717) is 5.92 Å². The summed E-state index contributed by atoms with van der Waals surface area (Å²) in [5, 5.41) is 2.65. The van der Waals surface area contributed by atoms with E-state index in [0.717, 1.165) is 12.8 Å². The molecule has 82 valence electrons. The molecule has 0 aromatic rings. The third-order valence-electron chi connectivity index (χ3n) is 2.84. The van der Waals surface area contributed by atoms with E-state index in [4.69, 9.17) is 0 Å². The SMILES string of the molecule is CC1CC(NC(=O)C(C)(C)C(F)F)C1. The van der Waals surface area contributed by atoms with Gasteiger partial charge in [-0.25, -0.2) is 8.78 Å². The fourth-order valence-electron chi connectivity index (χ4n) is 1.49. The summed E-state index contributed by atoms with van der Waals surface area (Å²) in [6.45, 7) is 4.63. The summed E-state index contributed by atoms with van der Waals surface area (Å²) in [5.74, 6) is 0.0689. The molecule has 0 aliphatic heterocycles. The molecule has 1 fully saturated rings. The van der Waals surface area contributed by atoms with Gasteiger partial charge < -0.3 is 5.32 Å². The third-order valence-corrected chi connectivity index (χ3v) is 2.84. The van der Waals surface area contributed by atoms with Crippen LogP contribution in [0.5, 0.6) is 0 Å². The van der Waals surface area contributed by atoms with Gasteiger partial charge in [-0.3, -0.25) is 4.79 Å². The molecule has 0 saturated heterocycles. The molecule has 0 bridgehead atoms. The van der Waals surface area contributed by atoms with Gasteiger partial charge in [-0.1, -0.05) is 6.92 Å². The second kappa shape index (κ2) is 3.83. The molecule has 0 radical (unpaired) electrons. The molecule has 4 heteroatoms. The van der Waals surface area contributed by atoms with Crippen LogP contribution in [0.15, 0.2) is 0 Å². The fraction of sp³-hybridized carbons (Fsp3) is 0.900. The zero-order chi connectivity index (χ0) is 10.9. The van der Waals surface area contributed by atoms with Crippen LogP contribution in [0.1, 0.15) is 33.6 Å². The number of amides is 1. The maximum absolute atomic E-state index is 12.5. The number of rotatable bonds is 3. The van der Waals surface area contributed by atoms with Gasteiger partial charge in [-0.05, 0) is 32.6 Å². The van der Waals surface area contributed by atoms with Gasteiger partial charge in [0.05, 0.1) is 0 Å². The lowest BCUT2D eigenvalue weighted by molar-refractivity contribution is -0.139. The average Bonchev–Trinajstić information content (AvgIpc) is 2.01. The van der Waals surface area contributed by atoms with Crippen LogP contribution in [0.4, 0.5) is 8.78 Å². The highest BCUT2D eigenvalue weighted by Gasteiger charge is 2.39. The Morgan fingerprint density at radius 1 is 1.43 bits per heavy atom. The van der Waals surface area contributed by atoms with Crippen LogP contribution in [-0.2, 0) is 4.79 Å². The van der Waals surface area contributed by atoms with Gasteiger partial charge in [0.15, 0.2) is 0 Å². The summed E-state index contributed by atoms with van der Waals surface area (Å²) in [5.41, 5.74) is -1.57. The quantitative estimate of drug-likeness (QED) is 0.751. The van der Waals surface area contributed by atoms with Crippen molar-refractivity contribution in [3.05, 3.63) is 0 Å². The molecule has 1 N–H and O–H groups in total. The second-order valence-corrected chi connectivity index (χ2v) is 4.77. The Morgan fingerprint density at radius 2 is 1.93 bits per heavy atom. The van der Waals surface area contributed by atoms with Crippen LogP contribution in [-0.4, -0.2) is 18.4 Å². The first-order valence-electron chi connectivity index (χ1n) is 4.93. The van der Waals surface area contributed by atoms with Crippen molar-refractivity contribution in [2.45, 2.75) is 46.1 Å². The number of hydrogen-bond donors (Lipinski definition) is 1. The van der Waals surface area contributed by atoms with Crippen LogP contribution in [0.3, 0.4) is 0 Å². The van der Waals surface area contributed by atoms with Crippen LogP contribution in [0.25, 0.3) is 0 Å². The molecule has 0 atom stereocenters. The van der Waals surface area contributed by atoms with Gasteiger partial charge in [-0.15, -0.1) is 0 Å². The van der Waals surface area contributed by atoms with Crippen LogP contribution in [0, 0.1) is 11.3 Å². The molecule has 0 aromatic heterocycles. The van der Waals surface area contributed by atoms with Crippen molar-refractivity contribution in [3.63, 3.8) is 0 Å². The molecule has 1 rings (SSSR count). The topological polar surface area (TPSA) is 29.1 Å². The summed E-state index contributed by atoms with van der Waals surface area (Å²) in [6, 6.07) is 0.107. The van der Waals surface area contributed by atoms with Crippen LogP contribution >= 0.6 is 0 Å². The van der Waals surface area contributed by atoms with E-state index in [1.165, 1.54) is 13.8 Å². The Balaban J connectivity index is 2.42. The summed E-state index contributed by atoms with van der Waals surface area (Å²) in [7, 11) is 0. The molecule has 1 saturated carbocycles. The highest BCUT2D eigenvalue weighted by atomic mass is 19.3. The number of nitrogens with one attached hydrogen (secondary N) is 1. The predicted molar refractivity (Wildman–Crippen MR) is 50.1 cm³/mol. The lowest BCUT2D eigenvalue weighted by atomic mass is 9.81. The van der Waals surface area contributed by atoms with Gasteiger partial charge in [0, 0.05) is 6.04 Å². The molecule has 1 aliphatic carbocycles. The lowest BCUT2D eigenvalue weighted by Crippen LogP contribution is -2.50. The molecular weight excluding hydrogens is 188 g/mol. The van der Waals surface area contributed by atoms with E-state index in [9.17, 15) is 13.6 Å². The fourth-order valence-corrected chi connectivity index (χ4v) is 1.49. The lowest BCUT2D eigenvalue weighted by Gasteiger charge is -2.35. The Hall–Kier alpha value is -0.670. The van der Waals surface area contributed by atoms with Crippen LogP contribution < -0.4 is 5.32 Å². The predicted octanol–water partition coefficient (Wildman–Crippen LogP) is 2.19. The Bertz CT molecular complexity index is 222. The van der Waals surface area contributed by atoms with Crippen molar-refractivity contribution in [2.75, 3.05) is 0 Å². The molecule has 0 unspecified atom stereocenters. The summed E-state index contributed by atoms with van der Waals surface area (Å²) in [4.78, 5) is 11.4. The molecule has 0 spiro atoms. The number of hydrogen-bond acceptors (Lipinski definition) is 1. The van der Waals surface area contributed by atoms with Crippen LogP contribution in [0.2, 0.25) is 0 Å². The average molecular weight is 205 g/mol. The van der Waals surface area contributed by atoms with Crippen molar-refractivity contribution in [1.29, 1.82) is 0 Å². The minimum absolute atomic E-state index is 0.107. The highest BCUT2D eigenvalue weighted by Crippen LogP contribution is 2.29. The van der Waals surface area contributed by atoms with Crippen molar-refractivity contribution < 1.29 is 13.6 Å². The maximum Gasteiger partial charge on any atom is 0.252 e. The molecular formula is C10H17F2NO. The monoisotopic (exact) mass is 205 g/mol. The van der Waals surface area contributed by atoms with Gasteiger partial charge in [-0.2, -0.15) is 0 Å². The van der Waals surface area contributed by atoms with Crippen molar-refractivity contribution in [3.8, 4) is 0 Å². The van der Waals surface area contributed by atoms with Crippen molar-refractivity contribution in [1.82, 2.24) is 5.32 Å². The number of alkyl halides is 2. The zero-order valence-electron chi connectivity index (χ0n) is 8.81. The zero-order valence-corrected chi connectivity index (χ0v) is 8.81. The van der Waals surface area contributed by atoms with Gasteiger partial charge in [0.25, 0.3) is 6.43 Å². The number of halogens is 2. The maximum atomic E-state index is 12.5. The molecule has 14 heavy (non-hydrogen) atoms. The van der Waals surface area contributed by atoms with Gasteiger partial charge >= 0.3 is 0 Å². The minimum Gasteiger partial charge on any atom is -0.353 e. The molecule has 2 nitrogen and oxygen atoms in total. The minimum atomic E-state index is -2.61. The standard InChI is InChI=1S/C10H17F2NO/c1-6-4-7(5-6)13-9(14)10(2,3)8(11)12/h6-8H,4-5H2,1-3H3,(H,13,14). The first-order valence-corrected chi connectivity index (χ1v) is 4.93. The highest BCUT2D eigenvalue weighted by molar-refractivity contribution is 5.82. The molecule has 0 heterocycles. The number of carbonyl (C=O) groups excluding carboxylic acids is 1. The van der Waals surface area contributed by atoms with E-state index < -0.39 is 17.7 Å².